The predicted octanol–water partition coefficient (Wildman–Crippen LogP) is 3.94. The Hall–Kier alpha value is -1.13. The molecule has 2 aromatic rings. The highest BCUT2D eigenvalue weighted by Crippen LogP contribution is 2.24. The minimum atomic E-state index is 0.121. The number of rotatable bonds is 4. The Bertz CT molecular complexity index is 516. The molecule has 4 heteroatoms. The number of benzene rings is 1. The highest BCUT2D eigenvalue weighted by molar-refractivity contribution is 9.10. The van der Waals surface area contributed by atoms with Gasteiger partial charge in [0.2, 0.25) is 0 Å². The predicted molar refractivity (Wildman–Crippen MR) is 73.0 cm³/mol. The zero-order valence-corrected chi connectivity index (χ0v) is 11.7. The zero-order chi connectivity index (χ0) is 12.3. The van der Waals surface area contributed by atoms with Crippen LogP contribution in [0.2, 0.25) is 0 Å². The molecular formula is C13H11BrO2S. The number of hydrogen-bond donors (Lipinski definition) is 0. The Kier molecular flexibility index (Phi) is 3.97. The van der Waals surface area contributed by atoms with Crippen LogP contribution in [0.4, 0.5) is 0 Å². The van der Waals surface area contributed by atoms with Gasteiger partial charge in [0.1, 0.15) is 5.75 Å². The standard InChI is InChI=1S/C13H11BrO2S/c1-16-10-4-2-9(3-5-10)12(15)8-13-11(14)6-7-17-13/h2-7H,8H2,1H3. The molecule has 1 heterocycles. The van der Waals surface area contributed by atoms with Gasteiger partial charge >= 0.3 is 0 Å². The van der Waals surface area contributed by atoms with Gasteiger partial charge in [-0.25, -0.2) is 0 Å². The highest BCUT2D eigenvalue weighted by atomic mass is 79.9. The van der Waals surface area contributed by atoms with Crippen molar-refractivity contribution in [2.24, 2.45) is 0 Å². The second-order valence-corrected chi connectivity index (χ2v) is 5.38. The van der Waals surface area contributed by atoms with Gasteiger partial charge in [0.05, 0.1) is 7.11 Å². The number of thiophene rings is 1. The van der Waals surface area contributed by atoms with Crippen LogP contribution in [0.1, 0.15) is 15.2 Å². The first-order valence-electron chi connectivity index (χ1n) is 5.10. The van der Waals surface area contributed by atoms with Crippen molar-refractivity contribution in [2.45, 2.75) is 6.42 Å². The summed E-state index contributed by atoms with van der Waals surface area (Å²) in [6, 6.07) is 9.15. The third-order valence-corrected chi connectivity index (χ3v) is 4.35. The molecule has 0 aliphatic rings. The molecule has 0 spiro atoms. The van der Waals surface area contributed by atoms with E-state index in [-0.39, 0.29) is 5.78 Å². The van der Waals surface area contributed by atoms with Gasteiger partial charge in [0.25, 0.3) is 0 Å². The number of halogens is 1. The van der Waals surface area contributed by atoms with Crippen LogP contribution in [0.15, 0.2) is 40.2 Å². The van der Waals surface area contributed by atoms with Crippen molar-refractivity contribution in [3.63, 3.8) is 0 Å². The molecule has 1 aromatic heterocycles. The minimum Gasteiger partial charge on any atom is -0.497 e. The van der Waals surface area contributed by atoms with Crippen molar-refractivity contribution >= 4 is 33.0 Å². The molecule has 0 N–H and O–H groups in total. The smallest absolute Gasteiger partial charge is 0.168 e. The summed E-state index contributed by atoms with van der Waals surface area (Å²) in [6.07, 6.45) is 0.435. The Balaban J connectivity index is 2.12. The summed E-state index contributed by atoms with van der Waals surface area (Å²) >= 11 is 5.02. The molecule has 0 bridgehead atoms. The van der Waals surface area contributed by atoms with Gasteiger partial charge in [-0.2, -0.15) is 0 Å². The van der Waals surface area contributed by atoms with E-state index in [1.165, 1.54) is 0 Å². The summed E-state index contributed by atoms with van der Waals surface area (Å²) in [4.78, 5) is 13.1. The lowest BCUT2D eigenvalue weighted by atomic mass is 10.1. The summed E-state index contributed by atoms with van der Waals surface area (Å²) in [5.41, 5.74) is 0.714. The number of ether oxygens (including phenoxy) is 1. The third-order valence-electron chi connectivity index (χ3n) is 2.42. The van der Waals surface area contributed by atoms with Crippen molar-refractivity contribution in [1.82, 2.24) is 0 Å². The molecule has 0 amide bonds. The van der Waals surface area contributed by atoms with Crippen LogP contribution in [0.25, 0.3) is 0 Å². The summed E-state index contributed by atoms with van der Waals surface area (Å²) in [6.45, 7) is 0. The van der Waals surface area contributed by atoms with E-state index in [0.29, 0.717) is 12.0 Å². The molecule has 0 aliphatic carbocycles. The van der Waals surface area contributed by atoms with Gasteiger partial charge in [-0.05, 0) is 51.6 Å². The van der Waals surface area contributed by atoms with E-state index >= 15 is 0 Å². The second kappa shape index (κ2) is 5.47. The fourth-order valence-electron chi connectivity index (χ4n) is 1.48. The van der Waals surface area contributed by atoms with Crippen LogP contribution >= 0.6 is 27.3 Å². The van der Waals surface area contributed by atoms with Gasteiger partial charge in [-0.3, -0.25) is 4.79 Å². The van der Waals surface area contributed by atoms with Crippen molar-refractivity contribution in [2.75, 3.05) is 7.11 Å². The molecule has 0 radical (unpaired) electrons. The minimum absolute atomic E-state index is 0.121. The molecule has 2 rings (SSSR count). The number of Topliss-reactive ketones (excluding diaryl/α,β-unsaturated/α-hetero) is 1. The molecule has 2 nitrogen and oxygen atoms in total. The molecular weight excluding hydrogens is 300 g/mol. The van der Waals surface area contributed by atoms with Crippen molar-refractivity contribution in [3.05, 3.63) is 50.6 Å². The van der Waals surface area contributed by atoms with Crippen LogP contribution in [0, 0.1) is 0 Å². The Morgan fingerprint density at radius 1 is 1.29 bits per heavy atom. The monoisotopic (exact) mass is 310 g/mol. The highest BCUT2D eigenvalue weighted by Gasteiger charge is 2.10. The van der Waals surface area contributed by atoms with Gasteiger partial charge in [0.15, 0.2) is 5.78 Å². The second-order valence-electron chi connectivity index (χ2n) is 3.52. The van der Waals surface area contributed by atoms with Crippen molar-refractivity contribution in [1.29, 1.82) is 0 Å². The van der Waals surface area contributed by atoms with Crippen molar-refractivity contribution < 1.29 is 9.53 Å². The topological polar surface area (TPSA) is 26.3 Å². The Morgan fingerprint density at radius 3 is 2.53 bits per heavy atom. The lowest BCUT2D eigenvalue weighted by molar-refractivity contribution is 0.0993. The fraction of sp³-hybridized carbons (Fsp3) is 0.154. The quantitative estimate of drug-likeness (QED) is 0.799. The first-order valence-corrected chi connectivity index (χ1v) is 6.77. The van der Waals surface area contributed by atoms with Crippen LogP contribution in [0.3, 0.4) is 0 Å². The molecule has 88 valence electrons. The molecule has 0 unspecified atom stereocenters. The largest absolute Gasteiger partial charge is 0.497 e. The maximum Gasteiger partial charge on any atom is 0.168 e. The van der Waals surface area contributed by atoms with Gasteiger partial charge in [-0.15, -0.1) is 11.3 Å². The first kappa shape index (κ1) is 12.3. The molecule has 1 aromatic carbocycles. The van der Waals surface area contributed by atoms with Crippen molar-refractivity contribution in [3.8, 4) is 5.75 Å². The van der Waals surface area contributed by atoms with E-state index in [1.54, 1.807) is 42.7 Å². The molecule has 0 atom stereocenters. The number of hydrogen-bond acceptors (Lipinski definition) is 3. The lowest BCUT2D eigenvalue weighted by Gasteiger charge is -2.02. The van der Waals surface area contributed by atoms with E-state index in [4.69, 9.17) is 4.74 Å². The molecule has 0 saturated carbocycles. The first-order chi connectivity index (χ1) is 8.20. The zero-order valence-electron chi connectivity index (χ0n) is 9.27. The van der Waals surface area contributed by atoms with E-state index in [2.05, 4.69) is 15.9 Å². The summed E-state index contributed by atoms with van der Waals surface area (Å²) < 4.78 is 6.06. The average molecular weight is 311 g/mol. The van der Waals surface area contributed by atoms with E-state index in [1.807, 2.05) is 11.4 Å². The van der Waals surface area contributed by atoms with Gasteiger partial charge < -0.3 is 4.74 Å². The molecule has 0 saturated heterocycles. The number of carbonyl (C=O) groups excluding carboxylic acids is 1. The maximum absolute atomic E-state index is 12.0. The fourth-order valence-corrected chi connectivity index (χ4v) is 2.97. The van der Waals surface area contributed by atoms with Gasteiger partial charge in [0, 0.05) is 21.3 Å². The van der Waals surface area contributed by atoms with Crippen LogP contribution in [-0.4, -0.2) is 12.9 Å². The number of methoxy groups -OCH3 is 1. The van der Waals surface area contributed by atoms with E-state index < -0.39 is 0 Å². The van der Waals surface area contributed by atoms with Crippen LogP contribution < -0.4 is 4.74 Å². The third kappa shape index (κ3) is 2.96. The molecule has 0 aliphatic heterocycles. The summed E-state index contributed by atoms with van der Waals surface area (Å²) in [7, 11) is 1.61. The molecule has 0 fully saturated rings. The molecule has 17 heavy (non-hydrogen) atoms. The van der Waals surface area contributed by atoms with E-state index in [0.717, 1.165) is 15.1 Å². The van der Waals surface area contributed by atoms with Gasteiger partial charge in [-0.1, -0.05) is 0 Å². The average Bonchev–Trinajstić information content (AvgIpc) is 2.75. The lowest BCUT2D eigenvalue weighted by Crippen LogP contribution is -2.02. The maximum atomic E-state index is 12.0. The normalized spacial score (nSPS) is 10.2. The Morgan fingerprint density at radius 2 is 2.00 bits per heavy atom. The van der Waals surface area contributed by atoms with E-state index in [9.17, 15) is 4.79 Å². The van der Waals surface area contributed by atoms with Crippen LogP contribution in [-0.2, 0) is 6.42 Å². The van der Waals surface area contributed by atoms with Crippen LogP contribution in [0.5, 0.6) is 5.75 Å². The summed E-state index contributed by atoms with van der Waals surface area (Å²) in [5.74, 6) is 0.884. The Labute approximate surface area is 112 Å². The number of carbonyl (C=O) groups is 1. The SMILES string of the molecule is COc1ccc(C(=O)Cc2sccc2Br)cc1. The summed E-state index contributed by atoms with van der Waals surface area (Å²) in [5, 5.41) is 1.97. The number of ketones is 1.